The summed E-state index contributed by atoms with van der Waals surface area (Å²) in [5.74, 6) is -1.97. The first kappa shape index (κ1) is 24.0. The average Bonchev–Trinajstić information content (AvgIpc) is 3.01. The summed E-state index contributed by atoms with van der Waals surface area (Å²) >= 11 is 0. The van der Waals surface area contributed by atoms with Crippen LogP contribution in [0.15, 0.2) is 35.4 Å². The van der Waals surface area contributed by atoms with Gasteiger partial charge in [0.05, 0.1) is 18.7 Å². The minimum atomic E-state index is -0.955. The molecule has 1 heterocycles. The van der Waals surface area contributed by atoms with Crippen molar-refractivity contribution in [1.82, 2.24) is 10.3 Å². The third-order valence-corrected chi connectivity index (χ3v) is 4.82. The van der Waals surface area contributed by atoms with Crippen LogP contribution in [0.4, 0.5) is 4.79 Å². The molecule has 1 saturated heterocycles. The molecule has 168 valence electrons. The molecule has 31 heavy (non-hydrogen) atoms. The van der Waals surface area contributed by atoms with Crippen molar-refractivity contribution in [2.75, 3.05) is 6.61 Å². The summed E-state index contributed by atoms with van der Waals surface area (Å²) in [6.07, 6.45) is 2.78. The van der Waals surface area contributed by atoms with Gasteiger partial charge in [0.15, 0.2) is 6.10 Å². The van der Waals surface area contributed by atoms with Gasteiger partial charge in [0.1, 0.15) is 6.04 Å². The number of imide groups is 1. The number of unbranched alkanes of at least 4 members (excludes halogenated alkanes) is 1. The fourth-order valence-corrected chi connectivity index (χ4v) is 3.29. The maximum atomic E-state index is 12.4. The molecule has 0 spiro atoms. The number of nitrogens with one attached hydrogen (secondary N) is 1. The number of rotatable bonds is 11. The smallest absolute Gasteiger partial charge is 0.345 e. The minimum absolute atomic E-state index is 0.0946. The van der Waals surface area contributed by atoms with Crippen molar-refractivity contribution in [1.29, 1.82) is 0 Å². The van der Waals surface area contributed by atoms with Gasteiger partial charge in [-0.1, -0.05) is 50.1 Å². The second-order valence-electron chi connectivity index (χ2n) is 7.19. The van der Waals surface area contributed by atoms with Crippen molar-refractivity contribution in [2.24, 2.45) is 11.0 Å². The van der Waals surface area contributed by atoms with Crippen LogP contribution < -0.4 is 5.32 Å². The predicted molar refractivity (Wildman–Crippen MR) is 113 cm³/mol. The Morgan fingerprint density at radius 2 is 1.94 bits per heavy atom. The highest BCUT2D eigenvalue weighted by Gasteiger charge is 2.41. The largest absolute Gasteiger partial charge is 0.466 e. The monoisotopic (exact) mass is 431 g/mol. The number of amides is 3. The molecule has 1 N–H and O–H groups in total. The molecular weight excluding hydrogens is 402 g/mol. The summed E-state index contributed by atoms with van der Waals surface area (Å²) in [4.78, 5) is 48.6. The van der Waals surface area contributed by atoms with Crippen LogP contribution in [0.5, 0.6) is 0 Å². The Labute approximate surface area is 181 Å². The van der Waals surface area contributed by atoms with Crippen molar-refractivity contribution >= 4 is 30.1 Å². The molecule has 1 aromatic carbocycles. The second-order valence-corrected chi connectivity index (χ2v) is 7.19. The summed E-state index contributed by atoms with van der Waals surface area (Å²) in [7, 11) is 0. The van der Waals surface area contributed by atoms with Gasteiger partial charge in [-0.2, -0.15) is 5.10 Å². The van der Waals surface area contributed by atoms with Crippen molar-refractivity contribution in [3.8, 4) is 0 Å². The summed E-state index contributed by atoms with van der Waals surface area (Å²) in [6.45, 7) is 5.23. The van der Waals surface area contributed by atoms with Crippen LogP contribution in [0, 0.1) is 5.92 Å². The van der Waals surface area contributed by atoms with E-state index in [1.807, 2.05) is 13.0 Å². The average molecular weight is 431 g/mol. The van der Waals surface area contributed by atoms with E-state index in [1.165, 1.54) is 13.1 Å². The number of urea groups is 1. The van der Waals surface area contributed by atoms with Gasteiger partial charge in [0, 0.05) is 6.92 Å². The van der Waals surface area contributed by atoms with Crippen molar-refractivity contribution < 1.29 is 28.7 Å². The molecule has 0 saturated carbocycles. The van der Waals surface area contributed by atoms with Crippen LogP contribution >= 0.6 is 0 Å². The van der Waals surface area contributed by atoms with Gasteiger partial charge < -0.3 is 9.47 Å². The van der Waals surface area contributed by atoms with Gasteiger partial charge in [-0.3, -0.25) is 19.7 Å². The minimum Gasteiger partial charge on any atom is -0.466 e. The van der Waals surface area contributed by atoms with Crippen LogP contribution in [-0.4, -0.2) is 47.7 Å². The second kappa shape index (κ2) is 11.8. The number of esters is 2. The molecule has 3 amide bonds. The summed E-state index contributed by atoms with van der Waals surface area (Å²) in [5, 5.41) is 7.38. The Hall–Kier alpha value is -3.23. The van der Waals surface area contributed by atoms with E-state index in [0.29, 0.717) is 12.0 Å². The molecule has 1 aliphatic rings. The zero-order valence-corrected chi connectivity index (χ0v) is 18.1. The number of hydrazone groups is 1. The topological polar surface area (TPSA) is 114 Å². The highest BCUT2D eigenvalue weighted by atomic mass is 16.5. The molecule has 0 radical (unpaired) electrons. The molecule has 2 rings (SSSR count). The lowest BCUT2D eigenvalue weighted by Crippen LogP contribution is -2.35. The Bertz CT molecular complexity index is 811. The lowest BCUT2D eigenvalue weighted by molar-refractivity contribution is -0.149. The Morgan fingerprint density at radius 1 is 1.23 bits per heavy atom. The summed E-state index contributed by atoms with van der Waals surface area (Å²) in [5.41, 5.74) is 0.663. The highest BCUT2D eigenvalue weighted by molar-refractivity contribution is 6.04. The van der Waals surface area contributed by atoms with E-state index in [0.717, 1.165) is 17.9 Å². The molecule has 1 aliphatic heterocycles. The van der Waals surface area contributed by atoms with E-state index in [-0.39, 0.29) is 13.0 Å². The molecule has 1 aromatic rings. The molecule has 9 nitrogen and oxygen atoms in total. The Balaban J connectivity index is 2.23. The quantitative estimate of drug-likeness (QED) is 0.327. The van der Waals surface area contributed by atoms with Gasteiger partial charge >= 0.3 is 18.0 Å². The Kier molecular flexibility index (Phi) is 9.17. The molecule has 0 aliphatic carbocycles. The van der Waals surface area contributed by atoms with Crippen LogP contribution in [0.25, 0.3) is 0 Å². The number of carbonyl (C=O) groups is 4. The standard InChI is InChI=1S/C22H29N3O6/c1-4-6-10-17(21(28)30-5-2)13-18-20(27)24-22(29)25(18)23-14-19(31-15(3)26)16-11-8-7-9-12-16/h7-9,11-12,14,17-19H,4-6,10,13H2,1-3H3,(H,24,27,29). The number of ether oxygens (including phenoxy) is 2. The zero-order chi connectivity index (χ0) is 22.8. The third kappa shape index (κ3) is 6.91. The molecule has 0 bridgehead atoms. The van der Waals surface area contributed by atoms with Gasteiger partial charge in [0.25, 0.3) is 5.91 Å². The fraction of sp³-hybridized carbons (Fsp3) is 0.500. The zero-order valence-electron chi connectivity index (χ0n) is 18.1. The van der Waals surface area contributed by atoms with E-state index in [4.69, 9.17) is 9.47 Å². The van der Waals surface area contributed by atoms with E-state index in [1.54, 1.807) is 31.2 Å². The van der Waals surface area contributed by atoms with Gasteiger partial charge in [-0.15, -0.1) is 0 Å². The fourth-order valence-electron chi connectivity index (χ4n) is 3.29. The number of hydrogen-bond donors (Lipinski definition) is 1. The predicted octanol–water partition coefficient (Wildman–Crippen LogP) is 2.96. The molecule has 3 unspecified atom stereocenters. The third-order valence-electron chi connectivity index (χ3n) is 4.82. The first-order valence-corrected chi connectivity index (χ1v) is 10.4. The van der Waals surface area contributed by atoms with Gasteiger partial charge in [0.2, 0.25) is 0 Å². The first-order valence-electron chi connectivity index (χ1n) is 10.4. The maximum absolute atomic E-state index is 12.4. The molecule has 0 aromatic heterocycles. The normalized spacial score (nSPS) is 18.0. The van der Waals surface area contributed by atoms with E-state index in [9.17, 15) is 19.2 Å². The van der Waals surface area contributed by atoms with Crippen LogP contribution in [0.3, 0.4) is 0 Å². The maximum Gasteiger partial charge on any atom is 0.345 e. The van der Waals surface area contributed by atoms with E-state index >= 15 is 0 Å². The van der Waals surface area contributed by atoms with Gasteiger partial charge in [-0.25, -0.2) is 9.80 Å². The lowest BCUT2D eigenvalue weighted by atomic mass is 9.94. The van der Waals surface area contributed by atoms with Crippen molar-refractivity contribution in [2.45, 2.75) is 58.6 Å². The highest BCUT2D eigenvalue weighted by Crippen LogP contribution is 2.24. The first-order chi connectivity index (χ1) is 14.9. The van der Waals surface area contributed by atoms with Crippen molar-refractivity contribution in [3.63, 3.8) is 0 Å². The summed E-state index contributed by atoms with van der Waals surface area (Å²) in [6, 6.07) is 7.25. The van der Waals surface area contributed by atoms with Crippen LogP contribution in [0.1, 0.15) is 58.1 Å². The van der Waals surface area contributed by atoms with E-state index < -0.39 is 41.9 Å². The Morgan fingerprint density at radius 3 is 2.55 bits per heavy atom. The number of hydrogen-bond acceptors (Lipinski definition) is 7. The molecule has 1 fully saturated rings. The van der Waals surface area contributed by atoms with Crippen LogP contribution in [-0.2, 0) is 23.9 Å². The number of benzene rings is 1. The van der Waals surface area contributed by atoms with Crippen LogP contribution in [0.2, 0.25) is 0 Å². The molecule has 9 heteroatoms. The number of nitrogens with zero attached hydrogens (tertiary/aromatic N) is 2. The van der Waals surface area contributed by atoms with E-state index in [2.05, 4.69) is 10.4 Å². The molecule has 3 atom stereocenters. The SMILES string of the molecule is CCCCC(CC1C(=O)NC(=O)N1N=CC(OC(C)=O)c1ccccc1)C(=O)OCC. The van der Waals surface area contributed by atoms with Gasteiger partial charge in [-0.05, 0) is 25.3 Å². The summed E-state index contributed by atoms with van der Waals surface area (Å²) < 4.78 is 10.4. The van der Waals surface area contributed by atoms with Crippen molar-refractivity contribution in [3.05, 3.63) is 35.9 Å². The molecular formula is C22H29N3O6. The lowest BCUT2D eigenvalue weighted by Gasteiger charge is -2.22. The number of carbonyl (C=O) groups excluding carboxylic acids is 4.